The smallest absolute Gasteiger partial charge is 0.329 e. The van der Waals surface area contributed by atoms with Gasteiger partial charge >= 0.3 is 6.03 Å². The van der Waals surface area contributed by atoms with Gasteiger partial charge in [-0.15, -0.1) is 0 Å². The minimum Gasteiger partial charge on any atom is -0.379 e. The van der Waals surface area contributed by atoms with Gasteiger partial charge in [-0.05, 0) is 131 Å². The Hall–Kier alpha value is -4.49. The number of aromatic nitrogens is 2. The summed E-state index contributed by atoms with van der Waals surface area (Å²) in [6.07, 6.45) is 9.40. The van der Waals surface area contributed by atoms with Crippen molar-refractivity contribution < 1.29 is 27.9 Å². The minimum atomic E-state index is -3.56. The third-order valence-corrected chi connectivity index (χ3v) is 17.8. The lowest BCUT2D eigenvalue weighted by molar-refractivity contribution is -0.158. The molecule has 0 spiro atoms. The molecule has 370 valence electrons. The first kappa shape index (κ1) is 50.9. The number of hydrogen-bond acceptors (Lipinski definition) is 9. The number of carbonyl (C=O) groups is 3. The van der Waals surface area contributed by atoms with E-state index in [4.69, 9.17) is 23.2 Å². The number of rotatable bonds is 14. The number of carbonyl (C=O) groups excluding carboxylic acids is 3. The highest BCUT2D eigenvalue weighted by Gasteiger charge is 2.53. The molecule has 3 saturated heterocycles. The summed E-state index contributed by atoms with van der Waals surface area (Å²) in [5.41, 5.74) is 2.35. The number of fused-ring (bicyclic) bond motifs is 1. The van der Waals surface area contributed by atoms with Gasteiger partial charge in [0, 0.05) is 71.7 Å². The summed E-state index contributed by atoms with van der Waals surface area (Å²) in [7, 11) is -3.56. The predicted molar refractivity (Wildman–Crippen MR) is 272 cm³/mol. The number of halogens is 2. The van der Waals surface area contributed by atoms with E-state index in [9.17, 15) is 23.1 Å². The second-order valence-electron chi connectivity index (χ2n) is 20.8. The molecule has 3 aliphatic heterocycles. The van der Waals surface area contributed by atoms with Crippen LogP contribution in [0.3, 0.4) is 0 Å². The quantitative estimate of drug-likeness (QED) is 0.0832. The predicted octanol–water partition coefficient (Wildman–Crippen LogP) is 8.62. The van der Waals surface area contributed by atoms with E-state index in [0.29, 0.717) is 46.3 Å². The SMILES string of the molecule is CC(C)[C@@H](CS(=O)(=O)C(C)C)N1C(=O)[C@@](C)(CC(O)N[C@H]2CC[C@H](CN3CCC(C#Cc4ccn5c(N6CCC(=O)NC6=O)cnc5c4)CC3)CC2)C[C@H](c2cccc(Cl)c2)[C@H]1c1ccc(Cl)cc1. The molecule has 1 saturated carbocycles. The summed E-state index contributed by atoms with van der Waals surface area (Å²) in [5.74, 6) is 7.31. The van der Waals surface area contributed by atoms with Crippen LogP contribution in [-0.2, 0) is 19.4 Å². The monoisotopic (exact) mass is 999 g/mol. The zero-order valence-corrected chi connectivity index (χ0v) is 42.7. The number of aliphatic hydroxyl groups is 1. The lowest BCUT2D eigenvalue weighted by Crippen LogP contribution is -2.59. The van der Waals surface area contributed by atoms with Crippen LogP contribution in [-0.4, -0.2) is 106 Å². The summed E-state index contributed by atoms with van der Waals surface area (Å²) in [4.78, 5) is 49.8. The van der Waals surface area contributed by atoms with E-state index in [1.54, 1.807) is 20.0 Å². The number of nitrogens with zero attached hydrogens (tertiary/aromatic N) is 5. The Morgan fingerprint density at radius 2 is 1.64 bits per heavy atom. The van der Waals surface area contributed by atoms with Crippen molar-refractivity contribution in [2.75, 3.05) is 36.8 Å². The van der Waals surface area contributed by atoms with Crippen molar-refractivity contribution in [1.29, 1.82) is 0 Å². The van der Waals surface area contributed by atoms with Crippen LogP contribution in [0.5, 0.6) is 0 Å². The molecule has 0 bridgehead atoms. The van der Waals surface area contributed by atoms with Crippen LogP contribution in [0.4, 0.5) is 10.6 Å². The molecule has 1 aliphatic carbocycles. The molecule has 4 aromatic rings. The van der Waals surface area contributed by atoms with E-state index in [1.807, 2.05) is 96.9 Å². The fourth-order valence-corrected chi connectivity index (χ4v) is 12.8. The molecular weight excluding hydrogens is 934 g/mol. The van der Waals surface area contributed by atoms with Gasteiger partial charge in [-0.25, -0.2) is 18.2 Å². The molecule has 0 radical (unpaired) electrons. The van der Waals surface area contributed by atoms with Crippen molar-refractivity contribution in [3.8, 4) is 11.8 Å². The van der Waals surface area contributed by atoms with Crippen LogP contribution in [0.1, 0.15) is 121 Å². The summed E-state index contributed by atoms with van der Waals surface area (Å²) in [5, 5.41) is 18.3. The number of benzene rings is 2. The highest BCUT2D eigenvalue weighted by atomic mass is 35.5. The van der Waals surface area contributed by atoms with Gasteiger partial charge in [0.2, 0.25) is 11.8 Å². The third-order valence-electron chi connectivity index (χ3n) is 15.1. The van der Waals surface area contributed by atoms with Gasteiger partial charge in [-0.2, -0.15) is 0 Å². The van der Waals surface area contributed by atoms with Crippen molar-refractivity contribution in [2.45, 2.75) is 128 Å². The maximum Gasteiger partial charge on any atom is 0.329 e. The van der Waals surface area contributed by atoms with E-state index in [2.05, 4.69) is 32.4 Å². The third kappa shape index (κ3) is 11.8. The number of amides is 4. The van der Waals surface area contributed by atoms with Gasteiger partial charge in [0.05, 0.1) is 28.7 Å². The van der Waals surface area contributed by atoms with Crippen LogP contribution in [0.15, 0.2) is 73.1 Å². The topological polar surface area (TPSA) is 157 Å². The molecule has 5 atom stereocenters. The Morgan fingerprint density at radius 3 is 2.30 bits per heavy atom. The first-order valence-electron chi connectivity index (χ1n) is 24.7. The average molecular weight is 1000 g/mol. The Morgan fingerprint density at radius 1 is 0.913 bits per heavy atom. The molecule has 13 nitrogen and oxygen atoms in total. The number of hydrogen-bond donors (Lipinski definition) is 3. The maximum absolute atomic E-state index is 15.3. The molecule has 16 heteroatoms. The Balaban J connectivity index is 0.877. The molecular formula is C53H67Cl2N7O6S. The second kappa shape index (κ2) is 21.5. The van der Waals surface area contributed by atoms with E-state index in [-0.39, 0.29) is 48.3 Å². The summed E-state index contributed by atoms with van der Waals surface area (Å²) >= 11 is 13.0. The number of nitrogens with one attached hydrogen (secondary N) is 2. The van der Waals surface area contributed by atoms with Gasteiger partial charge in [0.15, 0.2) is 9.84 Å². The molecule has 2 aromatic heterocycles. The van der Waals surface area contributed by atoms with Crippen LogP contribution < -0.4 is 15.5 Å². The molecule has 1 unspecified atom stereocenters. The highest BCUT2D eigenvalue weighted by Crippen LogP contribution is 2.53. The number of imide groups is 1. The molecule has 5 heterocycles. The lowest BCUT2D eigenvalue weighted by atomic mass is 9.66. The fraction of sp³-hybridized carbons (Fsp3) is 0.547. The molecule has 4 fully saturated rings. The molecule has 2 aromatic carbocycles. The summed E-state index contributed by atoms with van der Waals surface area (Å²) in [6, 6.07) is 17.6. The van der Waals surface area contributed by atoms with Gasteiger partial charge in [0.25, 0.3) is 0 Å². The normalized spacial score (nSPS) is 25.2. The van der Waals surface area contributed by atoms with Crippen LogP contribution in [0.2, 0.25) is 10.0 Å². The maximum atomic E-state index is 15.3. The van der Waals surface area contributed by atoms with E-state index >= 15 is 4.79 Å². The first-order valence-corrected chi connectivity index (χ1v) is 27.2. The molecule has 3 N–H and O–H groups in total. The molecule has 4 amide bonds. The van der Waals surface area contributed by atoms with Crippen molar-refractivity contribution in [3.63, 3.8) is 0 Å². The number of piperidine rings is 2. The van der Waals surface area contributed by atoms with Gasteiger partial charge < -0.3 is 14.9 Å². The number of urea groups is 1. The largest absolute Gasteiger partial charge is 0.379 e. The average Bonchev–Trinajstić information content (AvgIpc) is 3.72. The second-order valence-corrected chi connectivity index (χ2v) is 24.3. The summed E-state index contributed by atoms with van der Waals surface area (Å²) < 4.78 is 29.2. The Bertz CT molecular complexity index is 2670. The zero-order chi connectivity index (χ0) is 49.2. The number of sulfone groups is 1. The standard InChI is InChI=1S/C53H67Cl2N7O6S/c1-34(2)45(33-69(67,68)35(3)4)62-50(39-13-15-41(54)16-14-39)44(40-7-6-8-42(55)28-40)29-53(5,51(62)65)30-48(64)57-43-17-11-38(12-18-43)32-59-23-19-36(20-24-59)9-10-37-21-25-60-46(27-37)56-31-49(60)61-26-22-47(63)58-52(61)66/h6-8,13-16,21,25,27-28,31,34-36,38,43-45,48,50,57,64H,11-12,17-20,22-24,26,29-30,32-33H2,1-5H3,(H,58,63,66)/t38-,43-,44-,45-,48?,50-,53-/m1/s1. The number of anilines is 1. The van der Waals surface area contributed by atoms with Crippen molar-refractivity contribution >= 4 is 62.3 Å². The van der Waals surface area contributed by atoms with E-state index in [0.717, 1.165) is 74.8 Å². The number of pyridine rings is 1. The first-order chi connectivity index (χ1) is 32.9. The van der Waals surface area contributed by atoms with E-state index in [1.165, 1.54) is 4.90 Å². The zero-order valence-electron chi connectivity index (χ0n) is 40.4. The highest BCUT2D eigenvalue weighted by molar-refractivity contribution is 7.92. The Kier molecular flexibility index (Phi) is 15.8. The summed E-state index contributed by atoms with van der Waals surface area (Å²) in [6.45, 7) is 12.6. The van der Waals surface area contributed by atoms with Crippen LogP contribution in [0.25, 0.3) is 5.65 Å². The minimum absolute atomic E-state index is 0.114. The number of likely N-dealkylation sites (tertiary alicyclic amines) is 2. The Labute approximate surface area is 417 Å². The fourth-order valence-electron chi connectivity index (χ4n) is 11.1. The van der Waals surface area contributed by atoms with Gasteiger partial charge in [-0.1, -0.05) is 80.1 Å². The number of aliphatic hydroxyl groups excluding tert-OH is 1. The van der Waals surface area contributed by atoms with Gasteiger partial charge in [-0.3, -0.25) is 29.5 Å². The van der Waals surface area contributed by atoms with Crippen molar-refractivity contribution in [3.05, 3.63) is 99.8 Å². The van der Waals surface area contributed by atoms with Crippen molar-refractivity contribution in [2.24, 2.45) is 23.2 Å². The van der Waals surface area contributed by atoms with E-state index < -0.39 is 44.8 Å². The lowest BCUT2D eigenvalue weighted by Gasteiger charge is -2.53. The van der Waals surface area contributed by atoms with Gasteiger partial charge in [0.1, 0.15) is 17.7 Å². The molecule has 69 heavy (non-hydrogen) atoms. The van der Waals surface area contributed by atoms with Crippen LogP contribution >= 0.6 is 23.2 Å². The molecule has 4 aliphatic rings. The van der Waals surface area contributed by atoms with Crippen molar-refractivity contribution in [1.82, 2.24) is 29.8 Å². The van der Waals surface area contributed by atoms with Crippen LogP contribution in [0, 0.1) is 35.0 Å². The number of imidazole rings is 1. The molecule has 8 rings (SSSR count).